The Morgan fingerprint density at radius 2 is 1.75 bits per heavy atom. The number of thiocarbonyl (C=S) groups is 1. The standard InChI is InChI=1S/C23H22ClF3N4S/c1-30(2)19-9-6-16(7-10-19)14-31(15-18-5-3-4-12-28-18)22(32)29-21-11-8-17(13-20(21)24)23(25,26)27/h3-13H,14-15H2,1-2H3,(H,29,32). The Bertz CT molecular complexity index is 1060. The number of nitrogens with one attached hydrogen (secondary N) is 1. The number of alkyl halides is 3. The van der Waals surface area contributed by atoms with Crippen molar-refractivity contribution >= 4 is 40.3 Å². The van der Waals surface area contributed by atoms with Gasteiger partial charge < -0.3 is 15.1 Å². The molecule has 0 amide bonds. The lowest BCUT2D eigenvalue weighted by Crippen LogP contribution is -2.34. The van der Waals surface area contributed by atoms with Crippen LogP contribution in [0.5, 0.6) is 0 Å². The zero-order valence-corrected chi connectivity index (χ0v) is 19.1. The third-order valence-electron chi connectivity index (χ3n) is 4.73. The van der Waals surface area contributed by atoms with Crippen LogP contribution in [0.4, 0.5) is 24.5 Å². The second kappa shape index (κ2) is 10.2. The molecule has 32 heavy (non-hydrogen) atoms. The first-order valence-corrected chi connectivity index (χ1v) is 10.5. The highest BCUT2D eigenvalue weighted by molar-refractivity contribution is 7.80. The molecule has 4 nitrogen and oxygen atoms in total. The molecule has 1 N–H and O–H groups in total. The summed E-state index contributed by atoms with van der Waals surface area (Å²) in [5, 5.41) is 3.25. The third kappa shape index (κ3) is 6.34. The zero-order valence-electron chi connectivity index (χ0n) is 17.5. The lowest BCUT2D eigenvalue weighted by molar-refractivity contribution is -0.137. The van der Waals surface area contributed by atoms with Gasteiger partial charge in [-0.2, -0.15) is 13.2 Å². The zero-order chi connectivity index (χ0) is 23.3. The minimum absolute atomic E-state index is 0.0599. The van der Waals surface area contributed by atoms with E-state index in [2.05, 4.69) is 10.3 Å². The highest BCUT2D eigenvalue weighted by Gasteiger charge is 2.31. The van der Waals surface area contributed by atoms with Crippen molar-refractivity contribution in [1.82, 2.24) is 9.88 Å². The molecule has 1 aromatic heterocycles. The van der Waals surface area contributed by atoms with Gasteiger partial charge in [-0.25, -0.2) is 0 Å². The number of hydrogen-bond acceptors (Lipinski definition) is 3. The van der Waals surface area contributed by atoms with Crippen LogP contribution in [0.25, 0.3) is 0 Å². The van der Waals surface area contributed by atoms with Crippen molar-refractivity contribution in [2.24, 2.45) is 0 Å². The Morgan fingerprint density at radius 1 is 1.03 bits per heavy atom. The summed E-state index contributed by atoms with van der Waals surface area (Å²) >= 11 is 11.7. The monoisotopic (exact) mass is 478 g/mol. The molecule has 0 saturated carbocycles. The summed E-state index contributed by atoms with van der Waals surface area (Å²) in [6.45, 7) is 0.898. The molecule has 0 unspecified atom stereocenters. The van der Waals surface area contributed by atoms with Crippen molar-refractivity contribution in [2.45, 2.75) is 19.3 Å². The predicted octanol–water partition coefficient (Wildman–Crippen LogP) is 6.22. The van der Waals surface area contributed by atoms with Gasteiger partial charge in [-0.1, -0.05) is 29.8 Å². The van der Waals surface area contributed by atoms with E-state index in [1.165, 1.54) is 6.07 Å². The summed E-state index contributed by atoms with van der Waals surface area (Å²) in [5.74, 6) is 0. The van der Waals surface area contributed by atoms with Gasteiger partial charge in [-0.05, 0) is 60.2 Å². The minimum atomic E-state index is -4.47. The lowest BCUT2D eigenvalue weighted by atomic mass is 10.2. The maximum absolute atomic E-state index is 12.9. The molecule has 3 aromatic rings. The molecule has 168 valence electrons. The van der Waals surface area contributed by atoms with Gasteiger partial charge in [0.15, 0.2) is 5.11 Å². The fourth-order valence-corrected chi connectivity index (χ4v) is 3.46. The second-order valence-electron chi connectivity index (χ2n) is 7.36. The van der Waals surface area contributed by atoms with Crippen molar-refractivity contribution in [2.75, 3.05) is 24.3 Å². The first kappa shape index (κ1) is 23.8. The van der Waals surface area contributed by atoms with Gasteiger partial charge in [-0.15, -0.1) is 0 Å². The normalized spacial score (nSPS) is 11.2. The summed E-state index contributed by atoms with van der Waals surface area (Å²) in [4.78, 5) is 8.25. The fourth-order valence-electron chi connectivity index (χ4n) is 2.99. The van der Waals surface area contributed by atoms with Crippen molar-refractivity contribution < 1.29 is 13.2 Å². The average Bonchev–Trinajstić information content (AvgIpc) is 2.75. The molecule has 0 radical (unpaired) electrons. The van der Waals surface area contributed by atoms with E-state index in [-0.39, 0.29) is 5.02 Å². The number of anilines is 2. The Kier molecular flexibility index (Phi) is 7.58. The molecule has 0 bridgehead atoms. The van der Waals surface area contributed by atoms with E-state index in [1.54, 1.807) is 6.20 Å². The first-order chi connectivity index (χ1) is 15.1. The molecular weight excluding hydrogens is 457 g/mol. The summed E-state index contributed by atoms with van der Waals surface area (Å²) in [5.41, 5.74) is 2.39. The molecule has 0 aliphatic carbocycles. The Morgan fingerprint density at radius 3 is 2.31 bits per heavy atom. The van der Waals surface area contributed by atoms with E-state index < -0.39 is 11.7 Å². The largest absolute Gasteiger partial charge is 0.416 e. The first-order valence-electron chi connectivity index (χ1n) is 9.72. The number of rotatable bonds is 6. The molecule has 0 aliphatic heterocycles. The Balaban J connectivity index is 1.81. The van der Waals surface area contributed by atoms with E-state index in [4.69, 9.17) is 23.8 Å². The smallest absolute Gasteiger partial charge is 0.378 e. The van der Waals surface area contributed by atoms with Crippen LogP contribution < -0.4 is 10.2 Å². The van der Waals surface area contributed by atoms with Crippen LogP contribution in [-0.4, -0.2) is 29.1 Å². The molecule has 9 heteroatoms. The molecule has 0 fully saturated rings. The topological polar surface area (TPSA) is 31.4 Å². The number of aromatic nitrogens is 1. The summed E-state index contributed by atoms with van der Waals surface area (Å²) in [7, 11) is 3.93. The van der Waals surface area contributed by atoms with Crippen molar-refractivity contribution in [3.63, 3.8) is 0 Å². The van der Waals surface area contributed by atoms with E-state index in [0.29, 0.717) is 23.9 Å². The third-order valence-corrected chi connectivity index (χ3v) is 5.40. The summed E-state index contributed by atoms with van der Waals surface area (Å²) in [6, 6.07) is 16.8. The maximum atomic E-state index is 12.9. The van der Waals surface area contributed by atoms with Gasteiger partial charge in [0.1, 0.15) is 0 Å². The van der Waals surface area contributed by atoms with Crippen LogP contribution in [0.3, 0.4) is 0 Å². The van der Waals surface area contributed by atoms with Crippen LogP contribution in [0.2, 0.25) is 5.02 Å². The molecule has 0 aliphatic rings. The van der Waals surface area contributed by atoms with Gasteiger partial charge in [0.05, 0.1) is 28.5 Å². The lowest BCUT2D eigenvalue weighted by Gasteiger charge is -2.26. The predicted molar refractivity (Wildman–Crippen MR) is 127 cm³/mol. The number of halogens is 4. The molecule has 0 saturated heterocycles. The second-order valence-corrected chi connectivity index (χ2v) is 8.15. The molecule has 3 rings (SSSR count). The van der Waals surface area contributed by atoms with Crippen LogP contribution in [0.1, 0.15) is 16.8 Å². The van der Waals surface area contributed by atoms with Gasteiger partial charge >= 0.3 is 6.18 Å². The van der Waals surface area contributed by atoms with Crippen LogP contribution in [0, 0.1) is 0 Å². The SMILES string of the molecule is CN(C)c1ccc(CN(Cc2ccccn2)C(=S)Nc2ccc(C(F)(F)F)cc2Cl)cc1. The average molecular weight is 479 g/mol. The molecule has 0 atom stereocenters. The Hall–Kier alpha value is -2.84. The van der Waals surface area contributed by atoms with Gasteiger partial charge in [0.25, 0.3) is 0 Å². The van der Waals surface area contributed by atoms with Crippen LogP contribution >= 0.6 is 23.8 Å². The van der Waals surface area contributed by atoms with Crippen molar-refractivity contribution in [3.05, 3.63) is 88.7 Å². The quantitative estimate of drug-likeness (QED) is 0.425. The number of hydrogen-bond donors (Lipinski definition) is 1. The van der Waals surface area contributed by atoms with Gasteiger partial charge in [0, 0.05) is 32.5 Å². The number of nitrogens with zero attached hydrogens (tertiary/aromatic N) is 3. The van der Waals surface area contributed by atoms with Crippen LogP contribution in [-0.2, 0) is 19.3 Å². The van der Waals surface area contributed by atoms with E-state index in [9.17, 15) is 13.2 Å². The highest BCUT2D eigenvalue weighted by Crippen LogP contribution is 2.34. The highest BCUT2D eigenvalue weighted by atomic mass is 35.5. The van der Waals surface area contributed by atoms with Crippen molar-refractivity contribution in [1.29, 1.82) is 0 Å². The fraction of sp³-hybridized carbons (Fsp3) is 0.217. The van der Waals surface area contributed by atoms with Crippen molar-refractivity contribution in [3.8, 4) is 0 Å². The van der Waals surface area contributed by atoms with Gasteiger partial charge in [0.2, 0.25) is 0 Å². The van der Waals surface area contributed by atoms with E-state index >= 15 is 0 Å². The van der Waals surface area contributed by atoms with Crippen LogP contribution in [0.15, 0.2) is 66.9 Å². The summed E-state index contributed by atoms with van der Waals surface area (Å²) in [6.07, 6.45) is -2.77. The Labute approximate surface area is 195 Å². The summed E-state index contributed by atoms with van der Waals surface area (Å²) < 4.78 is 38.8. The number of benzene rings is 2. The minimum Gasteiger partial charge on any atom is -0.378 e. The molecule has 2 aromatic carbocycles. The molecular formula is C23H22ClF3N4S. The molecule has 0 spiro atoms. The van der Waals surface area contributed by atoms with E-state index in [0.717, 1.165) is 29.1 Å². The number of pyridine rings is 1. The molecule has 1 heterocycles. The maximum Gasteiger partial charge on any atom is 0.416 e. The van der Waals surface area contributed by atoms with Gasteiger partial charge in [-0.3, -0.25) is 4.98 Å². The van der Waals surface area contributed by atoms with E-state index in [1.807, 2.05) is 66.4 Å².